The SMILES string of the molecule is C1=CC=C(C2=C(Nc3ccc(C4=CCC(n5c6c(c7c5C=CCC7)CC=CC=C6)C=C4)cc3)C=CCC2)CC=C1. The molecule has 1 N–H and O–H groups in total. The molecule has 2 nitrogen and oxygen atoms in total. The van der Waals surface area contributed by atoms with Gasteiger partial charge in [-0.05, 0) is 109 Å². The minimum Gasteiger partial charge on any atom is -0.355 e. The van der Waals surface area contributed by atoms with Crippen molar-refractivity contribution >= 4 is 23.4 Å². The fraction of sp³-hybridized carbons (Fsp3) is 0.211. The number of benzene rings is 1. The number of hydrogen-bond donors (Lipinski definition) is 1. The van der Waals surface area contributed by atoms with Crippen LogP contribution in [0.2, 0.25) is 0 Å². The highest BCUT2D eigenvalue weighted by Gasteiger charge is 2.25. The zero-order valence-corrected chi connectivity index (χ0v) is 23.0. The molecule has 5 aliphatic carbocycles. The molecule has 0 amide bonds. The first-order valence-corrected chi connectivity index (χ1v) is 14.8. The fourth-order valence-electron chi connectivity index (χ4n) is 6.62. The van der Waals surface area contributed by atoms with Gasteiger partial charge in [0.1, 0.15) is 0 Å². The molecule has 0 radical (unpaired) electrons. The first kappa shape index (κ1) is 24.7. The van der Waals surface area contributed by atoms with Gasteiger partial charge in [-0.25, -0.2) is 0 Å². The van der Waals surface area contributed by atoms with E-state index in [9.17, 15) is 0 Å². The van der Waals surface area contributed by atoms with Crippen molar-refractivity contribution in [2.24, 2.45) is 0 Å². The lowest BCUT2D eigenvalue weighted by atomic mass is 9.92. The lowest BCUT2D eigenvalue weighted by Crippen LogP contribution is -2.12. The van der Waals surface area contributed by atoms with Crippen LogP contribution in [0.15, 0.2) is 126 Å². The minimum atomic E-state index is 0.346. The van der Waals surface area contributed by atoms with Gasteiger partial charge in [0.15, 0.2) is 0 Å². The average Bonchev–Trinajstić information content (AvgIpc) is 3.24. The molecule has 1 atom stereocenters. The topological polar surface area (TPSA) is 17.0 Å². The van der Waals surface area contributed by atoms with Crippen LogP contribution in [0, 0.1) is 0 Å². The summed E-state index contributed by atoms with van der Waals surface area (Å²) in [5.74, 6) is 0. The van der Waals surface area contributed by atoms with E-state index in [1.807, 2.05) is 0 Å². The van der Waals surface area contributed by atoms with Gasteiger partial charge in [0, 0.05) is 22.8 Å². The van der Waals surface area contributed by atoms with Gasteiger partial charge in [-0.15, -0.1) is 0 Å². The summed E-state index contributed by atoms with van der Waals surface area (Å²) in [5.41, 5.74) is 13.6. The Hall–Kier alpha value is -4.30. The van der Waals surface area contributed by atoms with Gasteiger partial charge in [0.2, 0.25) is 0 Å². The third kappa shape index (κ3) is 4.79. The Labute approximate surface area is 238 Å². The second kappa shape index (κ2) is 11.1. The number of hydrogen-bond acceptors (Lipinski definition) is 1. The van der Waals surface area contributed by atoms with Gasteiger partial charge in [0.05, 0.1) is 6.04 Å². The van der Waals surface area contributed by atoms with Crippen LogP contribution in [0.3, 0.4) is 0 Å². The van der Waals surface area contributed by atoms with Crippen LogP contribution in [-0.2, 0) is 12.8 Å². The highest BCUT2D eigenvalue weighted by atomic mass is 15.0. The van der Waals surface area contributed by atoms with Crippen LogP contribution in [0.5, 0.6) is 0 Å². The Bertz CT molecular complexity index is 1620. The predicted molar refractivity (Wildman–Crippen MR) is 171 cm³/mol. The van der Waals surface area contributed by atoms with Crippen LogP contribution in [0.4, 0.5) is 5.69 Å². The molecule has 0 spiro atoms. The van der Waals surface area contributed by atoms with Crippen molar-refractivity contribution in [3.63, 3.8) is 0 Å². The van der Waals surface area contributed by atoms with Gasteiger partial charge in [-0.2, -0.15) is 0 Å². The van der Waals surface area contributed by atoms with E-state index in [0.717, 1.165) is 50.6 Å². The van der Waals surface area contributed by atoms with E-state index in [4.69, 9.17) is 0 Å². The zero-order valence-electron chi connectivity index (χ0n) is 23.0. The summed E-state index contributed by atoms with van der Waals surface area (Å²) in [6, 6.07) is 9.29. The van der Waals surface area contributed by atoms with E-state index in [2.05, 4.69) is 131 Å². The molecule has 7 rings (SSSR count). The van der Waals surface area contributed by atoms with Crippen LogP contribution in [0.25, 0.3) is 17.7 Å². The van der Waals surface area contributed by atoms with Gasteiger partial charge >= 0.3 is 0 Å². The van der Waals surface area contributed by atoms with Crippen molar-refractivity contribution < 1.29 is 0 Å². The maximum Gasteiger partial charge on any atom is 0.0560 e. The first-order chi connectivity index (χ1) is 19.8. The standard InChI is InChI=1S/C38H36N2/c1-2-5-13-30(12-4-1)33-14-8-10-17-36(33)39-31-24-20-28(21-25-31)29-22-26-32(27-23-29)40-37-18-7-3-6-15-34(37)35-16-9-11-19-38(35)40/h1-7,10-12,17-26,32,39H,8-9,13-16,27H2. The first-order valence-electron chi connectivity index (χ1n) is 14.8. The molecule has 5 aliphatic rings. The Balaban J connectivity index is 1.10. The van der Waals surface area contributed by atoms with Crippen molar-refractivity contribution in [2.75, 3.05) is 5.32 Å². The van der Waals surface area contributed by atoms with Crippen molar-refractivity contribution in [1.29, 1.82) is 0 Å². The second-order valence-electron chi connectivity index (χ2n) is 11.1. The minimum absolute atomic E-state index is 0.346. The van der Waals surface area contributed by atoms with E-state index >= 15 is 0 Å². The predicted octanol–water partition coefficient (Wildman–Crippen LogP) is 9.62. The van der Waals surface area contributed by atoms with Crippen molar-refractivity contribution in [2.45, 2.75) is 51.0 Å². The molecule has 0 bridgehead atoms. The van der Waals surface area contributed by atoms with Gasteiger partial charge in [-0.1, -0.05) is 91.1 Å². The largest absolute Gasteiger partial charge is 0.355 e. The quantitative estimate of drug-likeness (QED) is 0.415. The monoisotopic (exact) mass is 520 g/mol. The van der Waals surface area contributed by atoms with E-state index in [-0.39, 0.29) is 0 Å². The highest BCUT2D eigenvalue weighted by molar-refractivity contribution is 5.76. The van der Waals surface area contributed by atoms with Gasteiger partial charge < -0.3 is 9.88 Å². The highest BCUT2D eigenvalue weighted by Crippen LogP contribution is 2.38. The maximum absolute atomic E-state index is 3.71. The molecular weight excluding hydrogens is 484 g/mol. The van der Waals surface area contributed by atoms with E-state index in [1.165, 1.54) is 44.9 Å². The van der Waals surface area contributed by atoms with Crippen molar-refractivity contribution in [1.82, 2.24) is 4.57 Å². The summed E-state index contributed by atoms with van der Waals surface area (Å²) in [6.45, 7) is 0. The number of rotatable bonds is 5. The third-order valence-corrected chi connectivity index (χ3v) is 8.62. The lowest BCUT2D eigenvalue weighted by molar-refractivity contribution is 0.600. The summed E-state index contributed by atoms with van der Waals surface area (Å²) in [4.78, 5) is 0. The molecule has 0 aliphatic heterocycles. The van der Waals surface area contributed by atoms with Crippen LogP contribution >= 0.6 is 0 Å². The number of fused-ring (bicyclic) bond motifs is 3. The molecule has 2 aromatic rings. The number of aromatic nitrogens is 1. The summed E-state index contributed by atoms with van der Waals surface area (Å²) < 4.78 is 2.58. The molecule has 40 heavy (non-hydrogen) atoms. The van der Waals surface area contributed by atoms with Crippen molar-refractivity contribution in [3.05, 3.63) is 154 Å². The Kier molecular flexibility index (Phi) is 6.83. The molecule has 1 heterocycles. The number of nitrogens with one attached hydrogen (secondary N) is 1. The van der Waals surface area contributed by atoms with E-state index < -0.39 is 0 Å². The molecule has 0 fully saturated rings. The number of allylic oxidation sites excluding steroid dienone is 17. The van der Waals surface area contributed by atoms with Gasteiger partial charge in [-0.3, -0.25) is 0 Å². The lowest BCUT2D eigenvalue weighted by Gasteiger charge is -2.23. The van der Waals surface area contributed by atoms with Gasteiger partial charge in [0.25, 0.3) is 0 Å². The zero-order chi connectivity index (χ0) is 26.7. The second-order valence-corrected chi connectivity index (χ2v) is 11.1. The van der Waals surface area contributed by atoms with Crippen molar-refractivity contribution in [3.8, 4) is 0 Å². The number of anilines is 1. The Morgan fingerprint density at radius 2 is 1.52 bits per heavy atom. The molecule has 1 unspecified atom stereocenters. The summed E-state index contributed by atoms with van der Waals surface area (Å²) in [5, 5.41) is 3.71. The molecule has 0 saturated carbocycles. The molecule has 1 aromatic carbocycles. The normalized spacial score (nSPS) is 21.1. The molecule has 1 aromatic heterocycles. The Morgan fingerprint density at radius 3 is 2.42 bits per heavy atom. The summed E-state index contributed by atoms with van der Waals surface area (Å²) >= 11 is 0. The third-order valence-electron chi connectivity index (χ3n) is 8.62. The fourth-order valence-corrected chi connectivity index (χ4v) is 6.62. The van der Waals surface area contributed by atoms with Crippen LogP contribution in [-0.4, -0.2) is 4.57 Å². The summed E-state index contributed by atoms with van der Waals surface area (Å²) in [7, 11) is 0. The van der Waals surface area contributed by atoms with Crippen LogP contribution < -0.4 is 5.32 Å². The maximum atomic E-state index is 3.71. The Morgan fingerprint density at radius 1 is 0.700 bits per heavy atom. The van der Waals surface area contributed by atoms with E-state index in [0.29, 0.717) is 6.04 Å². The molecule has 2 heteroatoms. The number of nitrogens with zero attached hydrogens (tertiary/aromatic N) is 1. The average molecular weight is 521 g/mol. The molecule has 0 saturated heterocycles. The molecular formula is C38H36N2. The van der Waals surface area contributed by atoms with E-state index in [1.54, 1.807) is 5.56 Å². The van der Waals surface area contributed by atoms with Crippen LogP contribution in [0.1, 0.15) is 66.2 Å². The smallest absolute Gasteiger partial charge is 0.0560 e. The molecule has 198 valence electrons. The summed E-state index contributed by atoms with van der Waals surface area (Å²) in [6.07, 6.45) is 43.8.